The van der Waals surface area contributed by atoms with Crippen molar-refractivity contribution in [2.24, 2.45) is 5.92 Å². The van der Waals surface area contributed by atoms with E-state index in [0.29, 0.717) is 21.6 Å². The Kier molecular flexibility index (Phi) is 6.95. The standard InChI is InChI=1S/C32H28FNO4S/c1-19-7-4-9-22(17-19)28-26(29(35)23-10-5-8-20(2)18-23)27(21-12-14-24(33)15-13-21)32(3,31(37)38)34(28)30(36)25-11-6-16-39-25/h4-18,26-28H,1-3H3,(H,37,38). The molecule has 1 aliphatic rings. The average molecular weight is 542 g/mol. The summed E-state index contributed by atoms with van der Waals surface area (Å²) < 4.78 is 14.0. The molecule has 2 heterocycles. The van der Waals surface area contributed by atoms with E-state index in [1.54, 1.807) is 35.7 Å². The van der Waals surface area contributed by atoms with Crippen LogP contribution in [0.5, 0.6) is 0 Å². The highest BCUT2D eigenvalue weighted by Crippen LogP contribution is 2.57. The van der Waals surface area contributed by atoms with Gasteiger partial charge in [0.1, 0.15) is 11.4 Å². The molecule has 5 rings (SSSR count). The lowest BCUT2D eigenvalue weighted by molar-refractivity contribution is -0.148. The van der Waals surface area contributed by atoms with E-state index in [0.717, 1.165) is 11.1 Å². The summed E-state index contributed by atoms with van der Waals surface area (Å²) in [7, 11) is 0. The second-order valence-corrected chi connectivity index (χ2v) is 11.2. The van der Waals surface area contributed by atoms with E-state index in [4.69, 9.17) is 0 Å². The summed E-state index contributed by atoms with van der Waals surface area (Å²) in [5, 5.41) is 12.6. The molecule has 0 saturated carbocycles. The molecule has 0 radical (unpaired) electrons. The number of nitrogens with zero attached hydrogens (tertiary/aromatic N) is 1. The van der Waals surface area contributed by atoms with Crippen molar-refractivity contribution in [2.75, 3.05) is 0 Å². The van der Waals surface area contributed by atoms with Crippen LogP contribution in [0.25, 0.3) is 0 Å². The Bertz CT molecular complexity index is 1550. The van der Waals surface area contributed by atoms with Crippen LogP contribution >= 0.6 is 11.3 Å². The van der Waals surface area contributed by atoms with Gasteiger partial charge in [-0.05, 0) is 61.5 Å². The number of carbonyl (C=O) groups is 3. The molecule has 4 unspecified atom stereocenters. The number of halogens is 1. The highest BCUT2D eigenvalue weighted by atomic mass is 32.1. The fraction of sp³-hybridized carbons (Fsp3) is 0.219. The third-order valence-corrected chi connectivity index (χ3v) is 8.54. The molecule has 198 valence electrons. The van der Waals surface area contributed by atoms with Crippen molar-refractivity contribution in [3.8, 4) is 0 Å². The van der Waals surface area contributed by atoms with Crippen LogP contribution in [0.2, 0.25) is 0 Å². The van der Waals surface area contributed by atoms with Crippen molar-refractivity contribution in [3.05, 3.63) is 129 Å². The molecule has 3 aromatic carbocycles. The molecule has 1 N–H and O–H groups in total. The van der Waals surface area contributed by atoms with Crippen LogP contribution in [0.1, 0.15) is 61.2 Å². The molecule has 4 atom stereocenters. The topological polar surface area (TPSA) is 74.7 Å². The second kappa shape index (κ2) is 10.2. The number of thiophene rings is 1. The van der Waals surface area contributed by atoms with Crippen LogP contribution in [0.4, 0.5) is 4.39 Å². The Balaban J connectivity index is 1.83. The quantitative estimate of drug-likeness (QED) is 0.272. The minimum atomic E-state index is -1.82. The van der Waals surface area contributed by atoms with Gasteiger partial charge in [0.05, 0.1) is 16.8 Å². The zero-order chi connectivity index (χ0) is 27.9. The molecule has 0 aliphatic carbocycles. The molecule has 7 heteroatoms. The highest BCUT2D eigenvalue weighted by molar-refractivity contribution is 7.12. The van der Waals surface area contributed by atoms with Gasteiger partial charge < -0.3 is 10.0 Å². The van der Waals surface area contributed by atoms with E-state index >= 15 is 0 Å². The monoisotopic (exact) mass is 541 g/mol. The van der Waals surface area contributed by atoms with Crippen molar-refractivity contribution >= 4 is 29.0 Å². The predicted octanol–water partition coefficient (Wildman–Crippen LogP) is 6.83. The number of aliphatic carboxylic acids is 1. The number of ketones is 1. The van der Waals surface area contributed by atoms with E-state index in [-0.39, 0.29) is 5.78 Å². The molecular weight excluding hydrogens is 513 g/mol. The van der Waals surface area contributed by atoms with Gasteiger partial charge in [0.15, 0.2) is 5.78 Å². The second-order valence-electron chi connectivity index (χ2n) is 10.3. The molecule has 1 aromatic heterocycles. The average Bonchev–Trinajstić information content (AvgIpc) is 3.54. The Labute approximate surface area is 230 Å². The van der Waals surface area contributed by atoms with Crippen LogP contribution in [-0.4, -0.2) is 33.2 Å². The SMILES string of the molecule is Cc1cccc(C(=O)C2C(c3cccc(C)c3)N(C(=O)c3cccs3)C(C)(C(=O)O)C2c2ccc(F)cc2)c1. The highest BCUT2D eigenvalue weighted by Gasteiger charge is 2.65. The molecule has 5 nitrogen and oxygen atoms in total. The van der Waals surface area contributed by atoms with E-state index in [9.17, 15) is 23.9 Å². The van der Waals surface area contributed by atoms with E-state index in [2.05, 4.69) is 0 Å². The van der Waals surface area contributed by atoms with Gasteiger partial charge in [0.25, 0.3) is 5.91 Å². The number of carboxylic acids is 1. The first-order valence-electron chi connectivity index (χ1n) is 12.7. The van der Waals surface area contributed by atoms with E-state index in [1.807, 2.05) is 44.2 Å². The number of Topliss-reactive ketones (excluding diaryl/α,β-unsaturated/α-hetero) is 1. The molecule has 0 bridgehead atoms. The summed E-state index contributed by atoms with van der Waals surface area (Å²) in [6, 6.07) is 22.7. The number of likely N-dealkylation sites (tertiary alicyclic amines) is 1. The third kappa shape index (κ3) is 4.57. The molecule has 1 saturated heterocycles. The summed E-state index contributed by atoms with van der Waals surface area (Å²) in [6.45, 7) is 5.30. The van der Waals surface area contributed by atoms with Crippen LogP contribution in [0.15, 0.2) is 90.3 Å². The number of hydrogen-bond acceptors (Lipinski definition) is 4. The van der Waals surface area contributed by atoms with Gasteiger partial charge in [-0.15, -0.1) is 11.3 Å². The smallest absolute Gasteiger partial charge is 0.330 e. The molecule has 1 amide bonds. The fourth-order valence-electron chi connectivity index (χ4n) is 5.92. The molecule has 39 heavy (non-hydrogen) atoms. The zero-order valence-corrected chi connectivity index (χ0v) is 22.6. The number of carboxylic acid groups (broad SMARTS) is 1. The van der Waals surface area contributed by atoms with Crippen LogP contribution in [-0.2, 0) is 4.79 Å². The summed E-state index contributed by atoms with van der Waals surface area (Å²) in [5.74, 6) is -4.36. The Morgan fingerprint density at radius 3 is 2.13 bits per heavy atom. The number of rotatable bonds is 6. The van der Waals surface area contributed by atoms with Gasteiger partial charge in [-0.25, -0.2) is 9.18 Å². The first-order valence-corrected chi connectivity index (χ1v) is 13.5. The van der Waals surface area contributed by atoms with Crippen molar-refractivity contribution < 1.29 is 23.9 Å². The Morgan fingerprint density at radius 1 is 0.872 bits per heavy atom. The van der Waals surface area contributed by atoms with Crippen LogP contribution in [0.3, 0.4) is 0 Å². The maximum atomic E-state index is 14.5. The maximum absolute atomic E-state index is 14.5. The summed E-state index contributed by atoms with van der Waals surface area (Å²) in [4.78, 5) is 43.7. The first-order chi connectivity index (χ1) is 18.6. The third-order valence-electron chi connectivity index (χ3n) is 7.69. The summed E-state index contributed by atoms with van der Waals surface area (Å²) in [5.41, 5.74) is 1.56. The summed E-state index contributed by atoms with van der Waals surface area (Å²) in [6.07, 6.45) is 0. The number of hydrogen-bond donors (Lipinski definition) is 1. The number of aryl methyl sites for hydroxylation is 2. The first kappa shape index (κ1) is 26.5. The van der Waals surface area contributed by atoms with Crippen molar-refractivity contribution in [2.45, 2.75) is 38.3 Å². The van der Waals surface area contributed by atoms with E-state index in [1.165, 1.54) is 47.4 Å². The number of benzene rings is 3. The Morgan fingerprint density at radius 2 is 1.54 bits per heavy atom. The summed E-state index contributed by atoms with van der Waals surface area (Å²) >= 11 is 1.22. The van der Waals surface area contributed by atoms with Gasteiger partial charge in [-0.2, -0.15) is 0 Å². The van der Waals surface area contributed by atoms with Crippen molar-refractivity contribution in [3.63, 3.8) is 0 Å². The lowest BCUT2D eigenvalue weighted by Crippen LogP contribution is -2.54. The van der Waals surface area contributed by atoms with Crippen LogP contribution < -0.4 is 0 Å². The zero-order valence-electron chi connectivity index (χ0n) is 21.8. The lowest BCUT2D eigenvalue weighted by atomic mass is 9.71. The van der Waals surface area contributed by atoms with Crippen molar-refractivity contribution in [1.29, 1.82) is 0 Å². The largest absolute Gasteiger partial charge is 0.479 e. The maximum Gasteiger partial charge on any atom is 0.330 e. The van der Waals surface area contributed by atoms with Crippen molar-refractivity contribution in [1.82, 2.24) is 4.90 Å². The normalized spacial score (nSPS) is 22.6. The minimum Gasteiger partial charge on any atom is -0.479 e. The molecule has 4 aromatic rings. The molecule has 1 aliphatic heterocycles. The fourth-order valence-corrected chi connectivity index (χ4v) is 6.58. The van der Waals surface area contributed by atoms with Gasteiger partial charge >= 0.3 is 5.97 Å². The number of amides is 1. The molecule has 0 spiro atoms. The minimum absolute atomic E-state index is 0.270. The molecule has 1 fully saturated rings. The predicted molar refractivity (Wildman–Crippen MR) is 149 cm³/mol. The van der Waals surface area contributed by atoms with Gasteiger partial charge in [0, 0.05) is 11.5 Å². The van der Waals surface area contributed by atoms with Gasteiger partial charge in [0.2, 0.25) is 0 Å². The Hall–Kier alpha value is -4.10. The van der Waals surface area contributed by atoms with Crippen LogP contribution in [0, 0.1) is 25.6 Å². The lowest BCUT2D eigenvalue weighted by Gasteiger charge is -2.37. The molecular formula is C32H28FNO4S. The van der Waals surface area contributed by atoms with Gasteiger partial charge in [-0.1, -0.05) is 71.8 Å². The number of carbonyl (C=O) groups excluding carboxylic acids is 2. The van der Waals surface area contributed by atoms with Gasteiger partial charge in [-0.3, -0.25) is 9.59 Å². The van der Waals surface area contributed by atoms with E-state index < -0.39 is 41.1 Å².